The van der Waals surface area contributed by atoms with Crippen LogP contribution in [0.2, 0.25) is 0 Å². The summed E-state index contributed by atoms with van der Waals surface area (Å²) in [6.07, 6.45) is 13.1. The van der Waals surface area contributed by atoms with Crippen LogP contribution in [-0.2, 0) is 52.2 Å². The Hall–Kier alpha value is -4.21. The van der Waals surface area contributed by atoms with E-state index in [0.29, 0.717) is 82.7 Å². The Morgan fingerprint density at radius 3 is 0.786 bits per heavy atom. The monoisotopic (exact) mass is 1430 g/mol. The van der Waals surface area contributed by atoms with Crippen LogP contribution < -0.4 is 42.1 Å². The minimum Gasteiger partial charge on any atom is -0.328 e. The van der Waals surface area contributed by atoms with Gasteiger partial charge in [0.1, 0.15) is 46.6 Å². The quantitative estimate of drug-likeness (QED) is 0.0181. The van der Waals surface area contributed by atoms with Gasteiger partial charge in [0.25, 0.3) is 0 Å². The summed E-state index contributed by atoms with van der Waals surface area (Å²) < 4.78 is 0. The number of hydrogen-bond donors (Lipinski definition) is 7. The smallest absolute Gasteiger partial charge is 0.229 e. The van der Waals surface area contributed by atoms with Crippen LogP contribution in [0.25, 0.3) is 0 Å². The minimum absolute atomic E-state index is 0.0226. The maximum absolute atomic E-state index is 5.34. The van der Waals surface area contributed by atoms with Crippen LogP contribution in [0.4, 0.5) is 5.95 Å². The zero-order chi connectivity index (χ0) is 77.1. The molecule has 23 nitrogen and oxygen atoms in total. The third-order valence-corrected chi connectivity index (χ3v) is 21.4. The lowest BCUT2D eigenvalue weighted by molar-refractivity contribution is 0.0738. The highest BCUT2D eigenvalue weighted by atomic mass is 15.4. The van der Waals surface area contributed by atoms with E-state index in [9.17, 15) is 0 Å². The summed E-state index contributed by atoms with van der Waals surface area (Å²) in [5, 5.41) is 27.0. The van der Waals surface area contributed by atoms with Crippen LogP contribution >= 0.6 is 0 Å². The Bertz CT molecular complexity index is 2910. The molecule has 0 aromatic carbocycles. The van der Waals surface area contributed by atoms with Gasteiger partial charge in [0.15, 0.2) is 0 Å². The number of aryl methyl sites for hydroxylation is 1. The van der Waals surface area contributed by atoms with E-state index < -0.39 is 0 Å². The van der Waals surface area contributed by atoms with Gasteiger partial charge in [-0.2, -0.15) is 9.97 Å². The molecule has 8 rings (SSSR count). The fourth-order valence-corrected chi connectivity index (χ4v) is 18.8. The van der Waals surface area contributed by atoms with Crippen LogP contribution in [0, 0.1) is 0 Å². The molecule has 3 aromatic heterocycles. The van der Waals surface area contributed by atoms with Crippen LogP contribution in [0.15, 0.2) is 26.3 Å². The Kier molecular flexibility index (Phi) is 30.5. The van der Waals surface area contributed by atoms with E-state index in [1.165, 1.54) is 0 Å². The van der Waals surface area contributed by atoms with E-state index in [0.717, 1.165) is 162 Å². The van der Waals surface area contributed by atoms with E-state index in [2.05, 4.69) is 286 Å². The zero-order valence-electron chi connectivity index (χ0n) is 70.5. The Balaban J connectivity index is 0.00000409. The molecule has 0 saturated carbocycles. The van der Waals surface area contributed by atoms with Crippen LogP contribution in [0.5, 0.6) is 0 Å². The molecule has 0 atom stereocenters. The molecule has 586 valence electrons. The van der Waals surface area contributed by atoms with Crippen molar-refractivity contribution in [3.63, 3.8) is 0 Å². The van der Waals surface area contributed by atoms with Gasteiger partial charge < -0.3 is 42.1 Å². The van der Waals surface area contributed by atoms with Crippen molar-refractivity contribution in [1.29, 1.82) is 0 Å². The molecular formula is C80H151N23. The van der Waals surface area contributed by atoms with Crippen molar-refractivity contribution >= 4 is 5.95 Å². The predicted molar refractivity (Wildman–Crippen MR) is 428 cm³/mol. The molecule has 5 fully saturated rings. The standard InChI is InChI=1S/C76H143N23.2C2H4/c1-28-58-79-65(51-98(27)57-43-75(18,19)92-76(20,21)44-57)87-66(86-58)99(34-30-32-78-46-60-82-63(49-96(25)55-39-71(10,11)90-72(12,13)40-55)85-64(83-60)50-97(26)56-41-73(14,15)91-74(16,17)42-56)52-93(22)33-29-31-77-45-59-80-61(47-94(23)53-35-67(2,3)88-68(4,5)36-53)84-62(81-59)48-95(24)54-37-69(6,7)89-70(8,9)38-54;2*1-2/h53-57,77-78,88-92H,28-52H2,1-27H3;2*1-2H2. The summed E-state index contributed by atoms with van der Waals surface area (Å²) in [5.41, 5.74) is 0.300. The number of nitrogens with one attached hydrogen (secondary N) is 7. The summed E-state index contributed by atoms with van der Waals surface area (Å²) >= 11 is 0. The molecule has 5 aliphatic heterocycles. The van der Waals surface area contributed by atoms with E-state index in [4.69, 9.17) is 44.9 Å². The molecule has 23 heteroatoms. The Morgan fingerprint density at radius 2 is 0.534 bits per heavy atom. The molecule has 0 aliphatic carbocycles. The van der Waals surface area contributed by atoms with Crippen molar-refractivity contribution in [3.05, 3.63) is 72.9 Å². The number of nitrogens with zero attached hydrogens (tertiary/aromatic N) is 16. The summed E-state index contributed by atoms with van der Waals surface area (Å²) in [6.45, 7) is 69.0. The lowest BCUT2D eigenvalue weighted by atomic mass is 9.79. The number of rotatable bonds is 31. The largest absolute Gasteiger partial charge is 0.328 e. The summed E-state index contributed by atoms with van der Waals surface area (Å²) in [6, 6.07) is 1.98. The van der Waals surface area contributed by atoms with E-state index in [1.54, 1.807) is 0 Å². The van der Waals surface area contributed by atoms with Gasteiger partial charge >= 0.3 is 0 Å². The molecule has 0 bridgehead atoms. The van der Waals surface area contributed by atoms with Gasteiger partial charge in [-0.1, -0.05) is 6.92 Å². The zero-order valence-corrected chi connectivity index (χ0v) is 70.5. The van der Waals surface area contributed by atoms with Crippen molar-refractivity contribution in [2.24, 2.45) is 0 Å². The first kappa shape index (κ1) is 87.7. The lowest BCUT2D eigenvalue weighted by Gasteiger charge is -2.49. The lowest BCUT2D eigenvalue weighted by Crippen LogP contribution is -2.61. The van der Waals surface area contributed by atoms with E-state index in [1.807, 2.05) is 0 Å². The molecule has 8 heterocycles. The van der Waals surface area contributed by atoms with Gasteiger partial charge in [-0.05, 0) is 271 Å². The molecule has 103 heavy (non-hydrogen) atoms. The number of hydrogen-bond acceptors (Lipinski definition) is 23. The van der Waals surface area contributed by atoms with Crippen LogP contribution in [0.1, 0.15) is 269 Å². The first-order valence-electron chi connectivity index (χ1n) is 39.1. The molecule has 0 unspecified atom stereocenters. The fraction of sp³-hybridized carbons (Fsp3) is 0.838. The summed E-state index contributed by atoms with van der Waals surface area (Å²) in [5.74, 6) is 7.33. The van der Waals surface area contributed by atoms with Gasteiger partial charge in [0.2, 0.25) is 5.95 Å². The van der Waals surface area contributed by atoms with Gasteiger partial charge in [-0.3, -0.25) is 29.4 Å². The second-order valence-corrected chi connectivity index (χ2v) is 38.4. The Morgan fingerprint density at radius 1 is 0.320 bits per heavy atom. The van der Waals surface area contributed by atoms with E-state index in [-0.39, 0.29) is 55.4 Å². The van der Waals surface area contributed by atoms with Crippen molar-refractivity contribution < 1.29 is 0 Å². The first-order chi connectivity index (χ1) is 47.6. The second kappa shape index (κ2) is 35.9. The Labute approximate surface area is 627 Å². The highest BCUT2D eigenvalue weighted by Crippen LogP contribution is 2.37. The third kappa shape index (κ3) is 28.4. The molecular weight excluding hydrogens is 1280 g/mol. The summed E-state index contributed by atoms with van der Waals surface area (Å²) in [4.78, 5) is 64.1. The number of anilines is 1. The van der Waals surface area contributed by atoms with Gasteiger partial charge in [0, 0.05) is 105 Å². The first-order valence-corrected chi connectivity index (χ1v) is 39.1. The summed E-state index contributed by atoms with van der Waals surface area (Å²) in [7, 11) is 13.5. The number of aromatic nitrogens is 9. The second-order valence-electron chi connectivity index (χ2n) is 38.4. The van der Waals surface area contributed by atoms with Crippen molar-refractivity contribution in [2.75, 3.05) is 80.0 Å². The fourth-order valence-electron chi connectivity index (χ4n) is 18.8. The molecule has 5 saturated heterocycles. The third-order valence-electron chi connectivity index (χ3n) is 21.4. The van der Waals surface area contributed by atoms with Gasteiger partial charge in [-0.25, -0.2) is 34.9 Å². The van der Waals surface area contributed by atoms with Gasteiger partial charge in [-0.15, -0.1) is 26.3 Å². The number of piperidine rings is 5. The van der Waals surface area contributed by atoms with Crippen molar-refractivity contribution in [1.82, 2.24) is 111 Å². The molecule has 0 spiro atoms. The van der Waals surface area contributed by atoms with E-state index >= 15 is 0 Å². The molecule has 0 amide bonds. The topological polar surface area (TPSA) is 223 Å². The predicted octanol–water partition coefficient (Wildman–Crippen LogP) is 10.2. The molecule has 0 radical (unpaired) electrons. The van der Waals surface area contributed by atoms with Crippen LogP contribution in [-0.4, -0.2) is 235 Å². The highest BCUT2D eigenvalue weighted by molar-refractivity contribution is 5.30. The SMILES string of the molecule is C=C.C=C.CCc1nc(CN(C)C2CC(C)(C)NC(C)(C)C2)nc(N(CCCNCc2nc(CN(C)C3CC(C)(C)NC(C)(C)C3)nc(CN(C)C3CC(C)(C)NC(C)(C)C3)n2)CN(C)CCCNCc2nc(CN(C)C3CC(C)(C)NC(C)(C)C3)nc(CN(C)C3CC(C)(C)NC(C)(C)C3)n2)n1. The average molecular weight is 1440 g/mol. The molecule has 7 N–H and O–H groups in total. The molecule has 5 aliphatic rings. The highest BCUT2D eigenvalue weighted by Gasteiger charge is 2.44. The maximum atomic E-state index is 5.34. The molecule has 3 aromatic rings. The van der Waals surface area contributed by atoms with Crippen LogP contribution in [0.3, 0.4) is 0 Å². The van der Waals surface area contributed by atoms with Crippen molar-refractivity contribution in [3.8, 4) is 0 Å². The van der Waals surface area contributed by atoms with Gasteiger partial charge in [0.05, 0.1) is 52.5 Å². The van der Waals surface area contributed by atoms with Crippen molar-refractivity contribution in [2.45, 2.75) is 360 Å². The average Bonchev–Trinajstić information content (AvgIpc) is 0.816. The minimum atomic E-state index is 0.0226. The normalized spacial score (nSPS) is 22.3. The maximum Gasteiger partial charge on any atom is 0.229 e.